The molecular weight excluding hydrogens is 272 g/mol. The van der Waals surface area contributed by atoms with Gasteiger partial charge in [0.05, 0.1) is 34.0 Å². The molecular formula is C16H19ClN2O. The Morgan fingerprint density at radius 1 is 1.35 bits per heavy atom. The van der Waals surface area contributed by atoms with Crippen LogP contribution in [0, 0.1) is 11.3 Å². The van der Waals surface area contributed by atoms with Crippen LogP contribution in [0.2, 0.25) is 5.02 Å². The predicted molar refractivity (Wildman–Crippen MR) is 80.0 cm³/mol. The average molecular weight is 291 g/mol. The summed E-state index contributed by atoms with van der Waals surface area (Å²) in [5.74, 6) is 0. The molecule has 0 bridgehead atoms. The van der Waals surface area contributed by atoms with E-state index >= 15 is 0 Å². The van der Waals surface area contributed by atoms with Crippen LogP contribution in [-0.4, -0.2) is 18.2 Å². The zero-order valence-electron chi connectivity index (χ0n) is 11.5. The van der Waals surface area contributed by atoms with Crippen LogP contribution in [0.3, 0.4) is 0 Å². The third-order valence-corrected chi connectivity index (χ3v) is 4.78. The van der Waals surface area contributed by atoms with E-state index in [2.05, 4.69) is 11.4 Å². The van der Waals surface area contributed by atoms with Crippen molar-refractivity contribution < 1.29 is 4.74 Å². The van der Waals surface area contributed by atoms with Gasteiger partial charge in [0.2, 0.25) is 0 Å². The van der Waals surface area contributed by atoms with Crippen LogP contribution < -0.4 is 5.32 Å². The lowest BCUT2D eigenvalue weighted by Crippen LogP contribution is -2.27. The maximum Gasteiger partial charge on any atom is 0.0992 e. The molecule has 0 radical (unpaired) electrons. The molecule has 1 saturated carbocycles. The molecule has 1 aliphatic carbocycles. The Hall–Kier alpha value is -1.24. The first kappa shape index (κ1) is 13.7. The predicted octanol–water partition coefficient (Wildman–Crippen LogP) is 4.12. The zero-order valence-corrected chi connectivity index (χ0v) is 12.2. The minimum Gasteiger partial charge on any atom is -0.381 e. The van der Waals surface area contributed by atoms with Gasteiger partial charge in [-0.2, -0.15) is 5.26 Å². The van der Waals surface area contributed by atoms with Crippen LogP contribution in [0.5, 0.6) is 0 Å². The molecule has 106 valence electrons. The van der Waals surface area contributed by atoms with Gasteiger partial charge in [0.1, 0.15) is 0 Å². The maximum absolute atomic E-state index is 8.82. The summed E-state index contributed by atoms with van der Waals surface area (Å²) in [5, 5.41) is 12.8. The molecule has 20 heavy (non-hydrogen) atoms. The molecule has 0 aromatic heterocycles. The fourth-order valence-corrected chi connectivity index (χ4v) is 3.63. The standard InChI is InChI=1S/C16H19ClN2O/c17-14-9-12(10-18)3-4-15(14)19-11-13-5-8-16(20-13)6-1-2-7-16/h3-4,9,13,19H,1-2,5-8,11H2. The summed E-state index contributed by atoms with van der Waals surface area (Å²) in [4.78, 5) is 0. The third kappa shape index (κ3) is 2.77. The van der Waals surface area contributed by atoms with Gasteiger partial charge in [-0.1, -0.05) is 24.4 Å². The fraction of sp³-hybridized carbons (Fsp3) is 0.562. The minimum atomic E-state index is 0.181. The maximum atomic E-state index is 8.82. The van der Waals surface area contributed by atoms with Crippen molar-refractivity contribution in [1.29, 1.82) is 5.26 Å². The highest BCUT2D eigenvalue weighted by Gasteiger charge is 2.41. The summed E-state index contributed by atoms with van der Waals surface area (Å²) in [6.45, 7) is 0.785. The first-order valence-electron chi connectivity index (χ1n) is 7.32. The minimum absolute atomic E-state index is 0.181. The summed E-state index contributed by atoms with van der Waals surface area (Å²) in [6.07, 6.45) is 7.66. The van der Waals surface area contributed by atoms with E-state index in [1.165, 1.54) is 32.1 Å². The van der Waals surface area contributed by atoms with E-state index in [-0.39, 0.29) is 11.7 Å². The summed E-state index contributed by atoms with van der Waals surface area (Å²) in [6, 6.07) is 7.42. The fourth-order valence-electron chi connectivity index (χ4n) is 3.38. The van der Waals surface area contributed by atoms with Gasteiger partial charge in [-0.15, -0.1) is 0 Å². The lowest BCUT2D eigenvalue weighted by atomic mass is 9.98. The number of benzene rings is 1. The summed E-state index contributed by atoms with van der Waals surface area (Å²) in [7, 11) is 0. The Kier molecular flexibility index (Phi) is 3.87. The largest absolute Gasteiger partial charge is 0.381 e. The smallest absolute Gasteiger partial charge is 0.0992 e. The SMILES string of the molecule is N#Cc1ccc(NCC2CCC3(CCCC3)O2)c(Cl)c1. The Bertz CT molecular complexity index is 532. The van der Waals surface area contributed by atoms with E-state index in [1.807, 2.05) is 6.07 Å². The van der Waals surface area contributed by atoms with Gasteiger partial charge >= 0.3 is 0 Å². The monoisotopic (exact) mass is 290 g/mol. The molecule has 0 amide bonds. The van der Waals surface area contributed by atoms with Crippen molar-refractivity contribution in [1.82, 2.24) is 0 Å². The topological polar surface area (TPSA) is 45.0 Å². The van der Waals surface area contributed by atoms with Crippen molar-refractivity contribution in [2.24, 2.45) is 0 Å². The van der Waals surface area contributed by atoms with Crippen LogP contribution in [0.1, 0.15) is 44.1 Å². The van der Waals surface area contributed by atoms with Crippen LogP contribution >= 0.6 is 11.6 Å². The van der Waals surface area contributed by atoms with Gasteiger partial charge in [0.15, 0.2) is 0 Å². The van der Waals surface area contributed by atoms with Crippen LogP contribution in [0.25, 0.3) is 0 Å². The summed E-state index contributed by atoms with van der Waals surface area (Å²) >= 11 is 6.16. The molecule has 2 fully saturated rings. The van der Waals surface area contributed by atoms with Crippen molar-refractivity contribution in [3.05, 3.63) is 28.8 Å². The molecule has 1 atom stereocenters. The van der Waals surface area contributed by atoms with Crippen LogP contribution in [0.4, 0.5) is 5.69 Å². The lowest BCUT2D eigenvalue weighted by molar-refractivity contribution is -0.0307. The van der Waals surface area contributed by atoms with Gasteiger partial charge in [-0.05, 0) is 43.9 Å². The quantitative estimate of drug-likeness (QED) is 0.911. The molecule has 1 unspecified atom stereocenters. The summed E-state index contributed by atoms with van der Waals surface area (Å²) in [5.41, 5.74) is 1.64. The molecule has 1 N–H and O–H groups in total. The van der Waals surface area contributed by atoms with Gasteiger partial charge in [0.25, 0.3) is 0 Å². The number of halogens is 1. The Morgan fingerprint density at radius 2 is 2.15 bits per heavy atom. The van der Waals surface area contributed by atoms with E-state index in [4.69, 9.17) is 21.6 Å². The van der Waals surface area contributed by atoms with Crippen LogP contribution in [0.15, 0.2) is 18.2 Å². The van der Waals surface area contributed by atoms with Crippen molar-refractivity contribution in [3.63, 3.8) is 0 Å². The average Bonchev–Trinajstić information content (AvgIpc) is 3.08. The zero-order chi connectivity index (χ0) is 14.0. The van der Waals surface area contributed by atoms with E-state index < -0.39 is 0 Å². The first-order chi connectivity index (χ1) is 9.71. The number of anilines is 1. The molecule has 1 saturated heterocycles. The lowest BCUT2D eigenvalue weighted by Gasteiger charge is -2.24. The van der Waals surface area contributed by atoms with Crippen molar-refractivity contribution in [2.75, 3.05) is 11.9 Å². The first-order valence-corrected chi connectivity index (χ1v) is 7.70. The van der Waals surface area contributed by atoms with Crippen LogP contribution in [-0.2, 0) is 4.74 Å². The number of hydrogen-bond donors (Lipinski definition) is 1. The molecule has 1 aromatic carbocycles. The Morgan fingerprint density at radius 3 is 2.85 bits per heavy atom. The summed E-state index contributed by atoms with van der Waals surface area (Å²) < 4.78 is 6.26. The normalized spacial score (nSPS) is 23.9. The molecule has 1 spiro atoms. The van der Waals surface area contributed by atoms with Crippen molar-refractivity contribution in [2.45, 2.75) is 50.2 Å². The molecule has 4 heteroatoms. The van der Waals surface area contributed by atoms with E-state index in [1.54, 1.807) is 12.1 Å². The van der Waals surface area contributed by atoms with E-state index in [0.29, 0.717) is 10.6 Å². The number of nitrogens with one attached hydrogen (secondary N) is 1. The third-order valence-electron chi connectivity index (χ3n) is 4.47. The van der Waals surface area contributed by atoms with E-state index in [0.717, 1.165) is 18.7 Å². The molecule has 3 nitrogen and oxygen atoms in total. The highest BCUT2D eigenvalue weighted by Crippen LogP contribution is 2.43. The van der Waals surface area contributed by atoms with Gasteiger partial charge in [0, 0.05) is 6.54 Å². The Balaban J connectivity index is 1.57. The number of nitriles is 1. The van der Waals surface area contributed by atoms with Gasteiger partial charge in [-0.25, -0.2) is 0 Å². The van der Waals surface area contributed by atoms with E-state index in [9.17, 15) is 0 Å². The molecule has 1 heterocycles. The van der Waals surface area contributed by atoms with Gasteiger partial charge < -0.3 is 10.1 Å². The molecule has 2 aliphatic rings. The second-order valence-electron chi connectivity index (χ2n) is 5.86. The van der Waals surface area contributed by atoms with Crippen molar-refractivity contribution in [3.8, 4) is 6.07 Å². The second kappa shape index (κ2) is 5.63. The highest BCUT2D eigenvalue weighted by molar-refractivity contribution is 6.33. The highest BCUT2D eigenvalue weighted by atomic mass is 35.5. The van der Waals surface area contributed by atoms with Crippen molar-refractivity contribution >= 4 is 17.3 Å². The number of nitrogens with zero attached hydrogens (tertiary/aromatic N) is 1. The molecule has 1 aromatic rings. The molecule has 1 aliphatic heterocycles. The number of hydrogen-bond acceptors (Lipinski definition) is 3. The Labute approximate surface area is 124 Å². The molecule has 3 rings (SSSR count). The second-order valence-corrected chi connectivity index (χ2v) is 6.26. The number of rotatable bonds is 3. The number of ether oxygens (including phenoxy) is 1. The van der Waals surface area contributed by atoms with Gasteiger partial charge in [-0.3, -0.25) is 0 Å².